The Labute approximate surface area is 102 Å². The lowest BCUT2D eigenvalue weighted by Crippen LogP contribution is -1.95. The summed E-state index contributed by atoms with van der Waals surface area (Å²) >= 11 is 5.76. The monoisotopic (exact) mass is 255 g/mol. The minimum atomic E-state index is -0.606. The van der Waals surface area contributed by atoms with E-state index in [0.717, 1.165) is 12.1 Å². The summed E-state index contributed by atoms with van der Waals surface area (Å²) in [7, 11) is 0. The molecular formula is C12H8ClF2NO. The van der Waals surface area contributed by atoms with E-state index < -0.39 is 11.6 Å². The molecule has 2 rings (SSSR count). The molecule has 0 fully saturated rings. The Morgan fingerprint density at radius 1 is 1.12 bits per heavy atom. The predicted molar refractivity (Wildman–Crippen MR) is 62.3 cm³/mol. The molecule has 0 saturated heterocycles. The second-order valence-corrected chi connectivity index (χ2v) is 3.74. The molecule has 0 saturated carbocycles. The quantitative estimate of drug-likeness (QED) is 0.824. The van der Waals surface area contributed by atoms with Crippen molar-refractivity contribution < 1.29 is 13.5 Å². The first-order chi connectivity index (χ1) is 8.08. The third-order valence-electron chi connectivity index (χ3n) is 2.10. The zero-order valence-electron chi connectivity index (χ0n) is 8.58. The highest BCUT2D eigenvalue weighted by atomic mass is 35.5. The van der Waals surface area contributed by atoms with Gasteiger partial charge in [0, 0.05) is 0 Å². The number of hydrogen-bond acceptors (Lipinski definition) is 2. The summed E-state index contributed by atoms with van der Waals surface area (Å²) in [6.07, 6.45) is 0. The molecule has 0 spiro atoms. The zero-order chi connectivity index (χ0) is 12.4. The Balaban J connectivity index is 2.38. The van der Waals surface area contributed by atoms with Gasteiger partial charge in [-0.2, -0.15) is 0 Å². The molecule has 0 aromatic heterocycles. The van der Waals surface area contributed by atoms with E-state index in [1.807, 2.05) is 0 Å². The van der Waals surface area contributed by atoms with E-state index >= 15 is 0 Å². The van der Waals surface area contributed by atoms with Crippen LogP contribution in [0.1, 0.15) is 0 Å². The fourth-order valence-electron chi connectivity index (χ4n) is 1.30. The van der Waals surface area contributed by atoms with Crippen LogP contribution < -0.4 is 10.5 Å². The van der Waals surface area contributed by atoms with Gasteiger partial charge in [0.05, 0.1) is 10.7 Å². The van der Waals surface area contributed by atoms with E-state index in [1.54, 1.807) is 0 Å². The first-order valence-corrected chi connectivity index (χ1v) is 5.12. The van der Waals surface area contributed by atoms with E-state index in [9.17, 15) is 8.78 Å². The van der Waals surface area contributed by atoms with Gasteiger partial charge in [0.1, 0.15) is 11.6 Å². The first-order valence-electron chi connectivity index (χ1n) is 4.75. The van der Waals surface area contributed by atoms with Crippen LogP contribution in [-0.4, -0.2) is 0 Å². The number of benzene rings is 2. The maximum Gasteiger partial charge on any atom is 0.185 e. The summed E-state index contributed by atoms with van der Waals surface area (Å²) < 4.78 is 31.5. The molecule has 0 heterocycles. The topological polar surface area (TPSA) is 35.2 Å². The Morgan fingerprint density at radius 3 is 2.53 bits per heavy atom. The van der Waals surface area contributed by atoms with Crippen LogP contribution in [0.4, 0.5) is 14.5 Å². The smallest absolute Gasteiger partial charge is 0.185 e. The molecule has 5 heteroatoms. The minimum absolute atomic E-state index is 0.0488. The highest BCUT2D eigenvalue weighted by Crippen LogP contribution is 2.34. The largest absolute Gasteiger partial charge is 0.451 e. The second kappa shape index (κ2) is 4.59. The van der Waals surface area contributed by atoms with Crippen molar-refractivity contribution in [3.63, 3.8) is 0 Å². The molecular weight excluding hydrogens is 248 g/mol. The Hall–Kier alpha value is -1.81. The maximum atomic E-state index is 13.4. The molecule has 0 amide bonds. The number of nitrogen functional groups attached to an aromatic ring is 1. The van der Waals surface area contributed by atoms with Gasteiger partial charge in [0.25, 0.3) is 0 Å². The van der Waals surface area contributed by atoms with Crippen LogP contribution in [0.15, 0.2) is 36.4 Å². The number of halogens is 3. The molecule has 0 aliphatic heterocycles. The van der Waals surface area contributed by atoms with Crippen LogP contribution in [0.5, 0.6) is 11.5 Å². The van der Waals surface area contributed by atoms with Gasteiger partial charge in [-0.3, -0.25) is 0 Å². The number of nitrogens with two attached hydrogens (primary N) is 1. The van der Waals surface area contributed by atoms with Crippen molar-refractivity contribution in [3.05, 3.63) is 53.1 Å². The molecule has 0 atom stereocenters. The number of para-hydroxylation sites is 1. The fourth-order valence-corrected chi connectivity index (χ4v) is 1.51. The summed E-state index contributed by atoms with van der Waals surface area (Å²) in [5.74, 6) is -1.08. The number of hydrogen-bond donors (Lipinski definition) is 1. The fraction of sp³-hybridized carbons (Fsp3) is 0. The molecule has 0 aliphatic carbocycles. The van der Waals surface area contributed by atoms with E-state index in [1.165, 1.54) is 24.3 Å². The van der Waals surface area contributed by atoms with Gasteiger partial charge in [-0.25, -0.2) is 8.78 Å². The van der Waals surface area contributed by atoms with Gasteiger partial charge in [-0.05, 0) is 30.3 Å². The highest BCUT2D eigenvalue weighted by Gasteiger charge is 2.11. The van der Waals surface area contributed by atoms with Crippen molar-refractivity contribution in [1.82, 2.24) is 0 Å². The standard InChI is InChI=1S/C12H8ClF2NO/c13-8-6-7(14)4-5-11(8)17-12-9(15)2-1-3-10(12)16/h1-6H,16H2. The van der Waals surface area contributed by atoms with Crippen LogP contribution in [0, 0.1) is 11.6 Å². The normalized spacial score (nSPS) is 10.3. The van der Waals surface area contributed by atoms with Crippen molar-refractivity contribution in [2.45, 2.75) is 0 Å². The summed E-state index contributed by atoms with van der Waals surface area (Å²) in [5, 5.41) is 0.0488. The molecule has 0 unspecified atom stereocenters. The van der Waals surface area contributed by atoms with Gasteiger partial charge in [0.15, 0.2) is 11.6 Å². The number of anilines is 1. The lowest BCUT2D eigenvalue weighted by Gasteiger charge is -2.10. The maximum absolute atomic E-state index is 13.4. The average Bonchev–Trinajstić information content (AvgIpc) is 2.26. The average molecular weight is 256 g/mol. The summed E-state index contributed by atoms with van der Waals surface area (Å²) in [4.78, 5) is 0. The van der Waals surface area contributed by atoms with Crippen molar-refractivity contribution in [3.8, 4) is 11.5 Å². The van der Waals surface area contributed by atoms with Gasteiger partial charge < -0.3 is 10.5 Å². The Bertz CT molecular complexity index is 540. The van der Waals surface area contributed by atoms with Gasteiger partial charge >= 0.3 is 0 Å². The number of rotatable bonds is 2. The number of ether oxygens (including phenoxy) is 1. The summed E-state index contributed by atoms with van der Waals surface area (Å²) in [6, 6.07) is 7.72. The highest BCUT2D eigenvalue weighted by molar-refractivity contribution is 6.32. The van der Waals surface area contributed by atoms with Gasteiger partial charge in [-0.15, -0.1) is 0 Å². The van der Waals surface area contributed by atoms with Crippen molar-refractivity contribution in [1.29, 1.82) is 0 Å². The summed E-state index contributed by atoms with van der Waals surface area (Å²) in [5.41, 5.74) is 5.71. The Morgan fingerprint density at radius 2 is 1.88 bits per heavy atom. The third-order valence-corrected chi connectivity index (χ3v) is 2.40. The minimum Gasteiger partial charge on any atom is -0.451 e. The molecule has 88 valence electrons. The van der Waals surface area contributed by atoms with Crippen LogP contribution in [0.3, 0.4) is 0 Å². The molecule has 0 aliphatic rings. The molecule has 2 aromatic carbocycles. The first kappa shape index (κ1) is 11.7. The van der Waals surface area contributed by atoms with Crippen LogP contribution >= 0.6 is 11.6 Å². The van der Waals surface area contributed by atoms with Gasteiger partial charge in [-0.1, -0.05) is 17.7 Å². The SMILES string of the molecule is Nc1cccc(F)c1Oc1ccc(F)cc1Cl. The van der Waals surface area contributed by atoms with Crippen LogP contribution in [-0.2, 0) is 0 Å². The van der Waals surface area contributed by atoms with Crippen LogP contribution in [0.25, 0.3) is 0 Å². The lowest BCUT2D eigenvalue weighted by atomic mass is 10.3. The third kappa shape index (κ3) is 2.47. The molecule has 17 heavy (non-hydrogen) atoms. The van der Waals surface area contributed by atoms with Crippen molar-refractivity contribution >= 4 is 17.3 Å². The van der Waals surface area contributed by atoms with Crippen molar-refractivity contribution in [2.24, 2.45) is 0 Å². The lowest BCUT2D eigenvalue weighted by molar-refractivity contribution is 0.444. The van der Waals surface area contributed by atoms with Gasteiger partial charge in [0.2, 0.25) is 0 Å². The van der Waals surface area contributed by atoms with E-state index in [-0.39, 0.29) is 22.2 Å². The predicted octanol–water partition coefficient (Wildman–Crippen LogP) is 3.99. The second-order valence-electron chi connectivity index (χ2n) is 3.33. The zero-order valence-corrected chi connectivity index (χ0v) is 9.34. The summed E-state index contributed by atoms with van der Waals surface area (Å²) in [6.45, 7) is 0. The molecule has 0 bridgehead atoms. The van der Waals surface area contributed by atoms with E-state index in [4.69, 9.17) is 22.1 Å². The molecule has 2 nitrogen and oxygen atoms in total. The Kier molecular flexibility index (Phi) is 3.15. The van der Waals surface area contributed by atoms with Crippen LogP contribution in [0.2, 0.25) is 5.02 Å². The molecule has 2 aromatic rings. The molecule has 0 radical (unpaired) electrons. The van der Waals surface area contributed by atoms with E-state index in [2.05, 4.69) is 0 Å². The van der Waals surface area contributed by atoms with E-state index in [0.29, 0.717) is 0 Å². The molecule has 2 N–H and O–H groups in total. The van der Waals surface area contributed by atoms with Crippen molar-refractivity contribution in [2.75, 3.05) is 5.73 Å².